The molecule has 0 fully saturated rings. The van der Waals surface area contributed by atoms with Gasteiger partial charge in [0, 0.05) is 11.8 Å². The molecule has 0 aliphatic heterocycles. The highest BCUT2D eigenvalue weighted by molar-refractivity contribution is 5.57. The number of nitrogen functional groups attached to an aromatic ring is 1. The quantitative estimate of drug-likeness (QED) is 0.558. The molecule has 0 bridgehead atoms. The van der Waals surface area contributed by atoms with Gasteiger partial charge < -0.3 is 5.73 Å². The molecule has 2 aromatic rings. The van der Waals surface area contributed by atoms with E-state index < -0.39 is 0 Å². The fourth-order valence-corrected chi connectivity index (χ4v) is 1.00. The Bertz CT molecular complexity index is 471. The molecule has 0 saturated carbocycles. The van der Waals surface area contributed by atoms with Gasteiger partial charge in [0.15, 0.2) is 5.82 Å². The molecule has 0 unspecified atom stereocenters. The number of rotatable bonds is 1. The van der Waals surface area contributed by atoms with Crippen LogP contribution in [0.5, 0.6) is 0 Å². The zero-order valence-corrected chi connectivity index (χ0v) is 6.61. The molecular weight excluding hydrogens is 170 g/mol. The number of hydrogen-bond acceptors (Lipinski definition) is 4. The summed E-state index contributed by atoms with van der Waals surface area (Å²) in [6.07, 6.45) is 1.55. The van der Waals surface area contributed by atoms with Crippen molar-refractivity contribution in [3.05, 3.63) is 28.8 Å². The Morgan fingerprint density at radius 3 is 2.92 bits per heavy atom. The van der Waals surface area contributed by atoms with Gasteiger partial charge in [-0.2, -0.15) is 5.10 Å². The van der Waals surface area contributed by atoms with Gasteiger partial charge in [-0.05, 0) is 12.1 Å². The number of H-pyrrole nitrogens is 2. The van der Waals surface area contributed by atoms with Gasteiger partial charge >= 0.3 is 5.69 Å². The topological polar surface area (TPSA) is 100 Å². The fraction of sp³-hybridized carbons (Fsp3) is 0. The highest BCUT2D eigenvalue weighted by Gasteiger charge is 2.01. The van der Waals surface area contributed by atoms with E-state index in [1.54, 1.807) is 18.3 Å². The Morgan fingerprint density at radius 2 is 2.31 bits per heavy atom. The van der Waals surface area contributed by atoms with Crippen LogP contribution in [0.15, 0.2) is 23.1 Å². The van der Waals surface area contributed by atoms with Gasteiger partial charge in [0.25, 0.3) is 0 Å². The molecule has 0 radical (unpaired) electrons. The Kier molecular flexibility index (Phi) is 1.59. The molecule has 2 heterocycles. The highest BCUT2D eigenvalue weighted by atomic mass is 16.1. The van der Waals surface area contributed by atoms with Crippen molar-refractivity contribution >= 4 is 5.82 Å². The van der Waals surface area contributed by atoms with Crippen molar-refractivity contribution in [3.8, 4) is 11.4 Å². The van der Waals surface area contributed by atoms with E-state index in [0.717, 1.165) is 5.56 Å². The number of nitrogens with two attached hydrogens (primary N) is 1. The first-order chi connectivity index (χ1) is 6.25. The number of aromatic amines is 2. The molecular formula is C7H7N5O. The second kappa shape index (κ2) is 2.74. The lowest BCUT2D eigenvalue weighted by atomic mass is 10.2. The summed E-state index contributed by atoms with van der Waals surface area (Å²) in [6.45, 7) is 0. The molecule has 0 spiro atoms. The maximum atomic E-state index is 10.7. The van der Waals surface area contributed by atoms with Crippen molar-refractivity contribution in [2.24, 2.45) is 0 Å². The van der Waals surface area contributed by atoms with Crippen LogP contribution in [-0.2, 0) is 0 Å². The van der Waals surface area contributed by atoms with E-state index in [2.05, 4.69) is 20.2 Å². The second-order valence-corrected chi connectivity index (χ2v) is 2.50. The lowest BCUT2D eigenvalue weighted by molar-refractivity contribution is 1.05. The van der Waals surface area contributed by atoms with Crippen molar-refractivity contribution in [1.29, 1.82) is 0 Å². The fourth-order valence-electron chi connectivity index (χ4n) is 1.00. The van der Waals surface area contributed by atoms with E-state index in [9.17, 15) is 4.79 Å². The van der Waals surface area contributed by atoms with Crippen LogP contribution >= 0.6 is 0 Å². The highest BCUT2D eigenvalue weighted by Crippen LogP contribution is 2.13. The number of anilines is 1. The minimum atomic E-state index is -0.342. The number of nitrogens with zero attached hydrogens (tertiary/aromatic N) is 2. The molecule has 0 aliphatic rings. The van der Waals surface area contributed by atoms with Crippen molar-refractivity contribution < 1.29 is 0 Å². The van der Waals surface area contributed by atoms with Crippen LogP contribution < -0.4 is 11.4 Å². The smallest absolute Gasteiger partial charge is 0.340 e. The third kappa shape index (κ3) is 1.41. The second-order valence-electron chi connectivity index (χ2n) is 2.50. The predicted molar refractivity (Wildman–Crippen MR) is 46.9 cm³/mol. The molecule has 2 rings (SSSR count). The van der Waals surface area contributed by atoms with E-state index in [0.29, 0.717) is 11.6 Å². The Hall–Kier alpha value is -2.11. The Morgan fingerprint density at radius 1 is 1.46 bits per heavy atom. The molecule has 6 heteroatoms. The van der Waals surface area contributed by atoms with E-state index in [1.165, 1.54) is 0 Å². The summed E-state index contributed by atoms with van der Waals surface area (Å²) in [7, 11) is 0. The van der Waals surface area contributed by atoms with E-state index >= 15 is 0 Å². The summed E-state index contributed by atoms with van der Waals surface area (Å²) >= 11 is 0. The summed E-state index contributed by atoms with van der Waals surface area (Å²) in [5, 5.41) is 6.01. The third-order valence-electron chi connectivity index (χ3n) is 1.56. The molecule has 2 aromatic heterocycles. The normalized spacial score (nSPS) is 10.2. The third-order valence-corrected chi connectivity index (χ3v) is 1.56. The first kappa shape index (κ1) is 7.53. The average molecular weight is 177 g/mol. The van der Waals surface area contributed by atoms with E-state index in [-0.39, 0.29) is 5.69 Å². The number of hydrogen-bond donors (Lipinski definition) is 3. The molecule has 0 aliphatic carbocycles. The minimum absolute atomic E-state index is 0.342. The van der Waals surface area contributed by atoms with Crippen LogP contribution in [0, 0.1) is 0 Å². The molecule has 0 saturated heterocycles. The molecule has 13 heavy (non-hydrogen) atoms. The monoisotopic (exact) mass is 177 g/mol. The average Bonchev–Trinajstić information content (AvgIpc) is 2.52. The summed E-state index contributed by atoms with van der Waals surface area (Å²) in [5.41, 5.74) is 5.85. The van der Waals surface area contributed by atoms with Gasteiger partial charge in [-0.25, -0.2) is 14.9 Å². The van der Waals surface area contributed by atoms with Crippen LogP contribution in [0.1, 0.15) is 0 Å². The molecule has 66 valence electrons. The molecule has 4 N–H and O–H groups in total. The summed E-state index contributed by atoms with van der Waals surface area (Å²) in [4.78, 5) is 17.1. The van der Waals surface area contributed by atoms with Gasteiger partial charge in [-0.3, -0.25) is 4.98 Å². The largest absolute Gasteiger partial charge is 0.384 e. The van der Waals surface area contributed by atoms with Crippen LogP contribution in [0.4, 0.5) is 5.82 Å². The SMILES string of the molecule is Nc1cc(-c2n[nH]c(=O)[nH]2)ccn1. The van der Waals surface area contributed by atoms with Gasteiger partial charge in [-0.15, -0.1) is 0 Å². The lowest BCUT2D eigenvalue weighted by Crippen LogP contribution is -2.00. The van der Waals surface area contributed by atoms with Crippen LogP contribution in [0.25, 0.3) is 11.4 Å². The maximum absolute atomic E-state index is 10.7. The molecule has 0 aromatic carbocycles. The minimum Gasteiger partial charge on any atom is -0.384 e. The summed E-state index contributed by atoms with van der Waals surface area (Å²) in [5.74, 6) is 0.848. The van der Waals surface area contributed by atoms with E-state index in [4.69, 9.17) is 5.73 Å². The van der Waals surface area contributed by atoms with Gasteiger partial charge in [-0.1, -0.05) is 0 Å². The first-order valence-electron chi connectivity index (χ1n) is 3.62. The van der Waals surface area contributed by atoms with Crippen LogP contribution in [0.3, 0.4) is 0 Å². The van der Waals surface area contributed by atoms with Crippen LogP contribution in [0.2, 0.25) is 0 Å². The number of aromatic nitrogens is 4. The van der Waals surface area contributed by atoms with Gasteiger partial charge in [0.2, 0.25) is 0 Å². The first-order valence-corrected chi connectivity index (χ1v) is 3.62. The Balaban J connectivity index is 2.52. The van der Waals surface area contributed by atoms with Crippen molar-refractivity contribution in [2.75, 3.05) is 5.73 Å². The van der Waals surface area contributed by atoms with Crippen molar-refractivity contribution in [3.63, 3.8) is 0 Å². The van der Waals surface area contributed by atoms with E-state index in [1.807, 2.05) is 0 Å². The molecule has 6 nitrogen and oxygen atoms in total. The van der Waals surface area contributed by atoms with Crippen LogP contribution in [-0.4, -0.2) is 20.2 Å². The zero-order chi connectivity index (χ0) is 9.26. The van der Waals surface area contributed by atoms with Crippen molar-refractivity contribution in [2.45, 2.75) is 0 Å². The Labute approximate surface area is 72.8 Å². The lowest BCUT2D eigenvalue weighted by Gasteiger charge is -1.95. The van der Waals surface area contributed by atoms with Gasteiger partial charge in [0.05, 0.1) is 0 Å². The number of pyridine rings is 1. The van der Waals surface area contributed by atoms with Gasteiger partial charge in [0.1, 0.15) is 5.82 Å². The standard InChI is InChI=1S/C7H7N5O/c8-5-3-4(1-2-9-5)6-10-7(13)12-11-6/h1-3H,(H2,8,9)(H2,10,11,12,13). The maximum Gasteiger partial charge on any atom is 0.340 e. The molecule has 0 atom stereocenters. The summed E-state index contributed by atoms with van der Waals surface area (Å²) < 4.78 is 0. The summed E-state index contributed by atoms with van der Waals surface area (Å²) in [6, 6.07) is 3.34. The van der Waals surface area contributed by atoms with Crippen molar-refractivity contribution in [1.82, 2.24) is 20.2 Å². The molecule has 0 amide bonds. The zero-order valence-electron chi connectivity index (χ0n) is 6.61. The number of nitrogens with one attached hydrogen (secondary N) is 2. The predicted octanol–water partition coefficient (Wildman–Crippen LogP) is -0.258.